The summed E-state index contributed by atoms with van der Waals surface area (Å²) in [5.41, 5.74) is 5.34. The van der Waals surface area contributed by atoms with Crippen LogP contribution < -0.4 is 56.8 Å². The van der Waals surface area contributed by atoms with Crippen LogP contribution in [0.5, 0.6) is 82.8 Å². The molecule has 0 amide bonds. The average molecular weight is 2010 g/mol. The molecule has 0 spiro atoms. The number of halogens is 4. The number of aliphatic hydroxyl groups excluding tert-OH is 1. The Bertz CT molecular complexity index is 4040. The first kappa shape index (κ1) is 108. The number of thiol groups is 2. The molecule has 0 atom stereocenters. The molecule has 13 saturated carbocycles. The van der Waals surface area contributed by atoms with Crippen molar-refractivity contribution in [1.29, 1.82) is 0 Å². The van der Waals surface area contributed by atoms with Crippen molar-refractivity contribution >= 4 is 96.0 Å². The van der Waals surface area contributed by atoms with Crippen LogP contribution in [0.1, 0.15) is 319 Å². The van der Waals surface area contributed by atoms with Crippen LogP contribution in [-0.2, 0) is 0 Å². The monoisotopic (exact) mass is 2000 g/mol. The van der Waals surface area contributed by atoms with Gasteiger partial charge >= 0.3 is 85.6 Å². The van der Waals surface area contributed by atoms with Crippen molar-refractivity contribution in [2.24, 2.45) is 8.60 Å². The number of aromatic nitrogens is 14. The Hall–Kier alpha value is -7.31. The van der Waals surface area contributed by atoms with Gasteiger partial charge in [-0.05, 0) is 348 Å². The molecule has 0 aromatic carbocycles. The normalized spacial score (nSPS) is 18.4. The predicted octanol–water partition coefficient (Wildman–Crippen LogP) is 22.1. The van der Waals surface area contributed by atoms with E-state index in [-0.39, 0.29) is 73.9 Å². The zero-order valence-electron chi connectivity index (χ0n) is 75.3. The van der Waals surface area contributed by atoms with Crippen LogP contribution in [-0.4, -0.2) is 180 Å². The minimum atomic E-state index is 0. The number of hydrogen-bond donors (Lipinski definition) is 5. The Morgan fingerprint density at radius 2 is 0.500 bits per heavy atom. The van der Waals surface area contributed by atoms with Crippen molar-refractivity contribution < 1.29 is 72.2 Å². The molecule has 7 aromatic heterocycles. The Balaban J connectivity index is 0.000000183. The Morgan fingerprint density at radius 1 is 0.300 bits per heavy atom. The third-order valence-electron chi connectivity index (χ3n) is 23.4. The van der Waals surface area contributed by atoms with Crippen LogP contribution >= 0.6 is 80.7 Å². The second kappa shape index (κ2) is 56.8. The molecule has 31 nitrogen and oxygen atoms in total. The zero-order valence-corrected chi connectivity index (χ0v) is 81.7. The van der Waals surface area contributed by atoms with Gasteiger partial charge in [-0.15, -0.1) is 0 Å². The van der Waals surface area contributed by atoms with Gasteiger partial charge in [0.15, 0.2) is 11.5 Å². The molecule has 0 bridgehead atoms. The van der Waals surface area contributed by atoms with E-state index in [0.717, 1.165) is 204 Å². The molecular weight excluding hydrogens is 1870 g/mol. The van der Waals surface area contributed by atoms with Crippen molar-refractivity contribution in [2.45, 2.75) is 407 Å². The third kappa shape index (κ3) is 36.2. The maximum atomic E-state index is 9.89. The van der Waals surface area contributed by atoms with Gasteiger partial charge in [0.2, 0.25) is 28.8 Å². The summed E-state index contributed by atoms with van der Waals surface area (Å²) >= 11 is 24.3. The van der Waals surface area contributed by atoms with Gasteiger partial charge in [-0.25, -0.2) is 19.9 Å². The molecule has 13 aliphatic rings. The van der Waals surface area contributed by atoms with Crippen LogP contribution in [0.4, 0.5) is 0 Å². The third-order valence-corrected chi connectivity index (χ3v) is 25.6. The van der Waals surface area contributed by atoms with Crippen LogP contribution in [0.25, 0.3) is 0 Å². The van der Waals surface area contributed by atoms with Crippen molar-refractivity contribution in [3.63, 3.8) is 0 Å². The summed E-state index contributed by atoms with van der Waals surface area (Å²) in [6.07, 6.45) is 47.8. The molecule has 39 heteroatoms. The number of hydrogen-bond acceptors (Lipinski definition) is 33. The number of aliphatic hydroxyl groups is 1. The average Bonchev–Trinajstić information content (AvgIpc) is 0.817. The van der Waals surface area contributed by atoms with Gasteiger partial charge < -0.3 is 72.2 Å². The van der Waals surface area contributed by atoms with Crippen molar-refractivity contribution in [3.05, 3.63) is 77.4 Å². The number of aromatic hydroxyl groups is 2. The first-order valence-electron chi connectivity index (χ1n) is 45.8. The van der Waals surface area contributed by atoms with Gasteiger partial charge in [0, 0.05) is 29.2 Å². The molecule has 0 aliphatic heterocycles. The van der Waals surface area contributed by atoms with E-state index < -0.39 is 0 Å². The summed E-state index contributed by atoms with van der Waals surface area (Å²) in [7, 11) is 8.67. The van der Waals surface area contributed by atoms with E-state index in [1.807, 2.05) is 53.7 Å². The van der Waals surface area contributed by atoms with E-state index in [2.05, 4.69) is 151 Å². The summed E-state index contributed by atoms with van der Waals surface area (Å²) in [5, 5.41) is 28.8. The topological polar surface area (TPSA) is 377 Å². The molecule has 130 heavy (non-hydrogen) atoms. The summed E-state index contributed by atoms with van der Waals surface area (Å²) in [6, 6.07) is 7.91. The fraction of sp³-hybridized carbons (Fsp3) is 0.692. The second-order valence-corrected chi connectivity index (χ2v) is 36.4. The molecule has 13 fully saturated rings. The molecule has 3 N–H and O–H groups in total. The zero-order chi connectivity index (χ0) is 91.4. The Kier molecular flexibility index (Phi) is 47.2. The van der Waals surface area contributed by atoms with Crippen LogP contribution in [0.15, 0.2) is 35.7 Å². The molecular formula is C91H134B2Br2Cl2N16O15S2. The number of ether oxygens (including phenoxy) is 12. The molecule has 0 saturated heterocycles. The van der Waals surface area contributed by atoms with Crippen LogP contribution in [0.2, 0.25) is 10.4 Å². The minimum absolute atomic E-state index is 0. The van der Waals surface area contributed by atoms with Gasteiger partial charge in [0.1, 0.15) is 87.3 Å². The van der Waals surface area contributed by atoms with Crippen molar-refractivity contribution in [2.75, 3.05) is 0 Å². The number of nitrogens with zero attached hydrogens (tertiary/aromatic N) is 16. The summed E-state index contributed by atoms with van der Waals surface area (Å²) in [5.74, 6) is 3.17. The molecule has 20 rings (SSSR count). The van der Waals surface area contributed by atoms with Gasteiger partial charge in [-0.3, -0.25) is 0 Å². The van der Waals surface area contributed by atoms with Crippen molar-refractivity contribution in [3.8, 4) is 82.8 Å². The molecule has 7 aromatic rings. The summed E-state index contributed by atoms with van der Waals surface area (Å²) in [4.78, 5) is 58.8. The molecule has 714 valence electrons. The van der Waals surface area contributed by atoms with E-state index in [1.54, 1.807) is 26.8 Å². The summed E-state index contributed by atoms with van der Waals surface area (Å²) in [6.45, 7) is 17.0. The van der Waals surface area contributed by atoms with Crippen LogP contribution in [0.3, 0.4) is 0 Å². The quantitative estimate of drug-likeness (QED) is 0.0162. The Labute approximate surface area is 808 Å². The van der Waals surface area contributed by atoms with E-state index in [4.69, 9.17) is 85.2 Å². The molecule has 7 heterocycles. The first-order chi connectivity index (χ1) is 61.9. The second-order valence-electron chi connectivity index (χ2n) is 33.6. The van der Waals surface area contributed by atoms with Crippen molar-refractivity contribution in [1.82, 2.24) is 69.8 Å². The first-order valence-corrected chi connectivity index (χ1v) is 48.9. The predicted molar refractivity (Wildman–Crippen MR) is 514 cm³/mol. The number of aryl methyl sites for hydroxylation is 7. The van der Waals surface area contributed by atoms with Gasteiger partial charge in [0.25, 0.3) is 11.8 Å². The van der Waals surface area contributed by atoms with Crippen LogP contribution in [0, 0.1) is 48.5 Å². The van der Waals surface area contributed by atoms with Gasteiger partial charge in [-0.2, -0.15) is 49.8 Å². The molecule has 2 radical (unpaired) electrons. The molecule has 13 aliphatic carbocycles. The van der Waals surface area contributed by atoms with Gasteiger partial charge in [-0.1, -0.05) is 40.3 Å². The van der Waals surface area contributed by atoms with Gasteiger partial charge in [0.05, 0.1) is 28.9 Å². The molecule has 0 unspecified atom stereocenters. The maximum absolute atomic E-state index is 9.89. The number of rotatable bonds is 24. The fourth-order valence-corrected chi connectivity index (χ4v) is 13.5. The van der Waals surface area contributed by atoms with E-state index in [9.17, 15) is 10.2 Å². The van der Waals surface area contributed by atoms with E-state index >= 15 is 0 Å². The van der Waals surface area contributed by atoms with E-state index in [0.29, 0.717) is 125 Å². The SMILES string of the molecule is C.C.CC.Cc1cc(Cl)nc(Cl)n1.Cc1cc(OC2CCC2)nc(OC2CCC2)n1.Cc1cc(OC2CCC2)nc(OC2CCC2)n1.Cc1nc(OC2CCC2)nc(OC2CCC2)c1Br.Cc1nc(OC2CCC2)nc(OC2CCC2)c1Br.Cc1nc(OC2CCC2)nc(OC2CCC2)c1O.Cc1nc(OC2CCC2)nc(OC2CCC2)c1O.OC1CCC1.[B]=NS.[B]=NS. The summed E-state index contributed by atoms with van der Waals surface area (Å²) < 4.78 is 75.8. The van der Waals surface area contributed by atoms with E-state index in [1.165, 1.54) is 83.5 Å². The Morgan fingerprint density at radius 3 is 0.715 bits per heavy atom. The fourth-order valence-electron chi connectivity index (χ4n) is 12.4. The standard InChI is InChI=1S/2C13H17BrN2O2.2C13H18N2O3.2C13H18N2O2.C5H4Cl2N2.C4H8O.C2H6.2CH4.2BHNS/c2*1-8-11(14)12(17-9-4-2-5-9)16-13(15-8)18-10-6-3-7-10;2*1-8-11(16)12(17-9-4-2-5-9)15-13(14-8)18-10-6-3-7-10;2*1-9-8-12(16-10-4-2-5-10)15-13(14-9)17-11-6-3-7-11;1-3-2-4(6)9-5(7)8-3;5-4-2-1-3-4;1-2;;;2*1-2-3/h2*9-10H,2-7H2,1H3;2*9-10,16H,2-7H2,1H3;2*8,10-11H,2-7H2,1H3;2H,1H3;4-5H,1-3H2;1-2H3;2*1H4;2*3H.